The van der Waals surface area contributed by atoms with E-state index in [1.807, 2.05) is 56.3 Å². The standard InChI is InChI=1S/C36H35N5O6/c1-21(9-10-23-7-5-4-6-8-23)47-31-16-25(12-14-30(31)46-3)41-22(2)26-13-11-24(15-27(26)36(41)45)20-40-34(43)28-17-33(39-19-32(37)42)38-18-29(28)35(40)44/h4-8,11-18,21-22H,9-10,19-20H2,1-3H3,(H2,37,42)(H,38,39). The van der Waals surface area contributed by atoms with Gasteiger partial charge in [0.05, 0.1) is 43.5 Å². The minimum absolute atomic E-state index is 0.0211. The van der Waals surface area contributed by atoms with E-state index < -0.39 is 17.7 Å². The van der Waals surface area contributed by atoms with Crippen LogP contribution in [0.15, 0.2) is 79.0 Å². The van der Waals surface area contributed by atoms with Gasteiger partial charge in [0.2, 0.25) is 5.91 Å². The van der Waals surface area contributed by atoms with Crippen molar-refractivity contribution < 1.29 is 28.7 Å². The van der Waals surface area contributed by atoms with Gasteiger partial charge in [-0.25, -0.2) is 4.98 Å². The molecule has 3 aromatic carbocycles. The first-order valence-electron chi connectivity index (χ1n) is 15.4. The molecule has 4 aromatic rings. The van der Waals surface area contributed by atoms with Crippen molar-refractivity contribution >= 4 is 35.1 Å². The highest BCUT2D eigenvalue weighted by atomic mass is 16.5. The third kappa shape index (κ3) is 6.24. The summed E-state index contributed by atoms with van der Waals surface area (Å²) in [5, 5.41) is 2.73. The lowest BCUT2D eigenvalue weighted by Gasteiger charge is -2.24. The zero-order valence-corrected chi connectivity index (χ0v) is 26.4. The number of benzene rings is 3. The highest BCUT2D eigenvalue weighted by Crippen LogP contribution is 2.41. The third-order valence-electron chi connectivity index (χ3n) is 8.48. The first kappa shape index (κ1) is 31.3. The highest BCUT2D eigenvalue weighted by Gasteiger charge is 2.38. The Bertz CT molecular complexity index is 1880. The molecule has 3 N–H and O–H groups in total. The Labute approximate surface area is 272 Å². The zero-order valence-electron chi connectivity index (χ0n) is 26.4. The summed E-state index contributed by atoms with van der Waals surface area (Å²) >= 11 is 0. The number of methoxy groups -OCH3 is 1. The number of aryl methyl sites for hydroxylation is 1. The van der Waals surface area contributed by atoms with Gasteiger partial charge < -0.3 is 25.4 Å². The van der Waals surface area contributed by atoms with E-state index in [-0.39, 0.29) is 48.1 Å². The molecule has 11 heteroatoms. The van der Waals surface area contributed by atoms with Crippen molar-refractivity contribution in [3.05, 3.63) is 112 Å². The number of nitrogens with two attached hydrogens (primary N) is 1. The van der Waals surface area contributed by atoms with Crippen LogP contribution in [0.3, 0.4) is 0 Å². The monoisotopic (exact) mass is 633 g/mol. The Morgan fingerprint density at radius 3 is 2.43 bits per heavy atom. The molecule has 4 amide bonds. The molecule has 0 spiro atoms. The van der Waals surface area contributed by atoms with Gasteiger partial charge in [-0.15, -0.1) is 0 Å². The van der Waals surface area contributed by atoms with E-state index in [0.29, 0.717) is 28.3 Å². The van der Waals surface area contributed by atoms with Crippen LogP contribution in [0.4, 0.5) is 11.5 Å². The van der Waals surface area contributed by atoms with Crippen molar-refractivity contribution in [1.29, 1.82) is 0 Å². The molecule has 0 fully saturated rings. The summed E-state index contributed by atoms with van der Waals surface area (Å²) in [4.78, 5) is 58.3. The summed E-state index contributed by atoms with van der Waals surface area (Å²) in [6.45, 7) is 3.79. The predicted molar refractivity (Wildman–Crippen MR) is 176 cm³/mol. The average molecular weight is 634 g/mol. The fourth-order valence-corrected chi connectivity index (χ4v) is 6.02. The second kappa shape index (κ2) is 13.0. The van der Waals surface area contributed by atoms with Gasteiger partial charge in [-0.1, -0.05) is 42.5 Å². The lowest BCUT2D eigenvalue weighted by Crippen LogP contribution is -2.29. The Morgan fingerprint density at radius 1 is 0.915 bits per heavy atom. The molecule has 0 saturated carbocycles. The lowest BCUT2D eigenvalue weighted by atomic mass is 10.0. The maximum Gasteiger partial charge on any atom is 0.263 e. The number of imide groups is 1. The van der Waals surface area contributed by atoms with E-state index in [9.17, 15) is 19.2 Å². The summed E-state index contributed by atoms with van der Waals surface area (Å²) in [5.41, 5.74) is 9.40. The fourth-order valence-electron chi connectivity index (χ4n) is 6.02. The molecular weight excluding hydrogens is 598 g/mol. The molecule has 2 aliphatic heterocycles. The molecule has 0 saturated heterocycles. The van der Waals surface area contributed by atoms with Crippen molar-refractivity contribution in [2.75, 3.05) is 23.9 Å². The minimum Gasteiger partial charge on any atom is -0.493 e. The maximum absolute atomic E-state index is 13.9. The topological polar surface area (TPSA) is 144 Å². The predicted octanol–water partition coefficient (Wildman–Crippen LogP) is 4.91. The third-order valence-corrected chi connectivity index (χ3v) is 8.48. The van der Waals surface area contributed by atoms with E-state index in [1.165, 1.54) is 17.8 Å². The van der Waals surface area contributed by atoms with Gasteiger partial charge in [-0.05, 0) is 67.6 Å². The van der Waals surface area contributed by atoms with Gasteiger partial charge in [0.15, 0.2) is 11.5 Å². The quantitative estimate of drug-likeness (QED) is 0.210. The molecule has 2 atom stereocenters. The highest BCUT2D eigenvalue weighted by molar-refractivity contribution is 6.21. The van der Waals surface area contributed by atoms with Gasteiger partial charge in [-0.2, -0.15) is 0 Å². The fraction of sp³-hybridized carbons (Fsp3) is 0.250. The number of nitrogens with zero attached hydrogens (tertiary/aromatic N) is 3. The smallest absolute Gasteiger partial charge is 0.263 e. The van der Waals surface area contributed by atoms with Gasteiger partial charge >= 0.3 is 0 Å². The summed E-state index contributed by atoms with van der Waals surface area (Å²) in [5.74, 6) is -0.359. The van der Waals surface area contributed by atoms with Crippen LogP contribution in [0.2, 0.25) is 0 Å². The van der Waals surface area contributed by atoms with Gasteiger partial charge in [-0.3, -0.25) is 24.1 Å². The van der Waals surface area contributed by atoms with E-state index in [1.54, 1.807) is 24.1 Å². The molecule has 47 heavy (non-hydrogen) atoms. The average Bonchev–Trinajstić information content (AvgIpc) is 3.46. The number of nitrogens with one attached hydrogen (secondary N) is 1. The summed E-state index contributed by atoms with van der Waals surface area (Å²) in [7, 11) is 1.59. The second-order valence-corrected chi connectivity index (χ2v) is 11.7. The number of carbonyl (C=O) groups excluding carboxylic acids is 4. The van der Waals surface area contributed by atoms with Crippen molar-refractivity contribution in [3.63, 3.8) is 0 Å². The minimum atomic E-state index is -0.583. The molecule has 2 aliphatic rings. The number of fused-ring (bicyclic) bond motifs is 2. The Hall–Kier alpha value is -5.71. The van der Waals surface area contributed by atoms with Gasteiger partial charge in [0.25, 0.3) is 17.7 Å². The van der Waals surface area contributed by atoms with Gasteiger partial charge in [0.1, 0.15) is 5.82 Å². The number of amides is 4. The Kier molecular flexibility index (Phi) is 8.62. The van der Waals surface area contributed by atoms with Crippen LogP contribution in [0.25, 0.3) is 0 Å². The van der Waals surface area contributed by atoms with Crippen LogP contribution in [0.5, 0.6) is 11.5 Å². The number of carbonyl (C=O) groups is 4. The van der Waals surface area contributed by atoms with Crippen molar-refractivity contribution in [2.45, 2.75) is 45.4 Å². The molecule has 11 nitrogen and oxygen atoms in total. The van der Waals surface area contributed by atoms with Crippen molar-refractivity contribution in [1.82, 2.24) is 9.88 Å². The number of hydrogen-bond acceptors (Lipinski definition) is 8. The first-order valence-corrected chi connectivity index (χ1v) is 15.4. The number of hydrogen-bond donors (Lipinski definition) is 2. The molecule has 2 unspecified atom stereocenters. The number of primary amides is 1. The van der Waals surface area contributed by atoms with E-state index in [0.717, 1.165) is 23.3 Å². The molecule has 3 heterocycles. The lowest BCUT2D eigenvalue weighted by molar-refractivity contribution is -0.116. The van der Waals surface area contributed by atoms with Crippen LogP contribution >= 0.6 is 0 Å². The number of ether oxygens (including phenoxy) is 2. The molecular formula is C36H35N5O6. The van der Waals surface area contributed by atoms with E-state index >= 15 is 0 Å². The summed E-state index contributed by atoms with van der Waals surface area (Å²) < 4.78 is 11.9. The number of rotatable bonds is 12. The molecule has 0 bridgehead atoms. The maximum atomic E-state index is 13.9. The molecule has 6 rings (SSSR count). The summed E-state index contributed by atoms with van der Waals surface area (Å²) in [6.07, 6.45) is 2.89. The van der Waals surface area contributed by atoms with Crippen LogP contribution < -0.4 is 25.4 Å². The molecule has 1 aromatic heterocycles. The SMILES string of the molecule is COc1ccc(N2C(=O)c3cc(CN4C(=O)c5cnc(NCC(N)=O)cc5C4=O)ccc3C2C)cc1OC(C)CCc1ccccc1. The number of pyridine rings is 1. The molecule has 240 valence electrons. The van der Waals surface area contributed by atoms with E-state index in [4.69, 9.17) is 15.2 Å². The van der Waals surface area contributed by atoms with Crippen LogP contribution in [0, 0.1) is 0 Å². The summed E-state index contributed by atoms with van der Waals surface area (Å²) in [6, 6.07) is 22.3. The van der Waals surface area contributed by atoms with Gasteiger partial charge in [0, 0.05) is 23.5 Å². The van der Waals surface area contributed by atoms with Crippen molar-refractivity contribution in [3.8, 4) is 11.5 Å². The zero-order chi connectivity index (χ0) is 33.2. The Morgan fingerprint density at radius 2 is 1.68 bits per heavy atom. The van der Waals surface area contributed by atoms with Crippen LogP contribution in [0.1, 0.15) is 74.1 Å². The van der Waals surface area contributed by atoms with Crippen molar-refractivity contribution in [2.24, 2.45) is 5.73 Å². The number of aromatic nitrogens is 1. The molecule has 0 radical (unpaired) electrons. The van der Waals surface area contributed by atoms with E-state index in [2.05, 4.69) is 22.4 Å². The first-order chi connectivity index (χ1) is 22.6. The molecule has 0 aliphatic carbocycles. The second-order valence-electron chi connectivity index (χ2n) is 11.7. The van der Waals surface area contributed by atoms with Crippen LogP contribution in [-0.2, 0) is 17.8 Å². The normalized spacial score (nSPS) is 15.8. The Balaban J connectivity index is 1.18. The van der Waals surface area contributed by atoms with Crippen LogP contribution in [-0.4, -0.2) is 53.3 Å². The number of anilines is 2. The largest absolute Gasteiger partial charge is 0.493 e.